The van der Waals surface area contributed by atoms with Gasteiger partial charge in [-0.15, -0.1) is 0 Å². The maximum Gasteiger partial charge on any atom is 0.510 e. The Labute approximate surface area is 93.6 Å². The Hall–Kier alpha value is -2.78. The van der Waals surface area contributed by atoms with E-state index in [0.717, 1.165) is 0 Å². The second-order valence-corrected chi connectivity index (χ2v) is 1.48. The Kier molecular flexibility index (Phi) is 18.2. The van der Waals surface area contributed by atoms with Gasteiger partial charge in [-0.3, -0.25) is 0 Å². The Morgan fingerprint density at radius 1 is 0.941 bits per heavy atom. The van der Waals surface area contributed by atoms with Crippen LogP contribution in [0.5, 0.6) is 0 Å². The number of hydrogen-bond donors (Lipinski definition) is 4. The quantitative estimate of drug-likeness (QED) is 0.430. The second kappa shape index (κ2) is 15.7. The minimum absolute atomic E-state index is 0.250. The van der Waals surface area contributed by atoms with Crippen LogP contribution in [0.2, 0.25) is 0 Å². The number of halogens is 1. The molecule has 0 bridgehead atoms. The van der Waals surface area contributed by atoms with Crippen LogP contribution < -0.4 is 0 Å². The van der Waals surface area contributed by atoms with E-state index in [9.17, 15) is 14.0 Å². The van der Waals surface area contributed by atoms with Crippen LogP contribution in [0.4, 0.5) is 18.8 Å². The number of rotatable bonds is 2. The van der Waals surface area contributed by atoms with Gasteiger partial charge in [0.25, 0.3) is 0 Å². The summed E-state index contributed by atoms with van der Waals surface area (Å²) in [7, 11) is 0. The zero-order valence-electron chi connectivity index (χ0n) is 8.15. The molecule has 0 rings (SSSR count). The standard InChI is InChI=1S/C4H4O6.C2H3F.CH2O3/c5-3(6)9-1-2-10-4(7)8;1-2-3;2-1(3)4/h1-2H,(H,5,6)(H,7,8);2H,1H2;(H2,2,3,4)/b2-1+;;. The molecule has 0 heterocycles. The van der Waals surface area contributed by atoms with Crippen molar-refractivity contribution in [2.24, 2.45) is 0 Å². The van der Waals surface area contributed by atoms with Gasteiger partial charge in [0, 0.05) is 0 Å². The molecule has 0 aliphatic rings. The summed E-state index contributed by atoms with van der Waals surface area (Å²) in [4.78, 5) is 27.7. The number of hydrogen-bond acceptors (Lipinski definition) is 5. The molecular formula is C7H9FO9. The molecule has 0 radical (unpaired) electrons. The molecule has 0 aromatic carbocycles. The van der Waals surface area contributed by atoms with E-state index in [0.29, 0.717) is 12.5 Å². The monoisotopic (exact) mass is 256 g/mol. The number of carbonyl (C=O) groups is 3. The van der Waals surface area contributed by atoms with Crippen LogP contribution in [0, 0.1) is 0 Å². The molecule has 0 atom stereocenters. The van der Waals surface area contributed by atoms with Crippen molar-refractivity contribution in [2.45, 2.75) is 0 Å². The van der Waals surface area contributed by atoms with Crippen molar-refractivity contribution in [1.29, 1.82) is 0 Å². The molecule has 0 fully saturated rings. The predicted molar refractivity (Wildman–Crippen MR) is 49.3 cm³/mol. The van der Waals surface area contributed by atoms with Gasteiger partial charge >= 0.3 is 18.5 Å². The average molecular weight is 256 g/mol. The molecular weight excluding hydrogens is 247 g/mol. The van der Waals surface area contributed by atoms with E-state index in [4.69, 9.17) is 25.2 Å². The summed E-state index contributed by atoms with van der Waals surface area (Å²) in [5.41, 5.74) is 0. The number of ether oxygens (including phenoxy) is 2. The normalized spacial score (nSPS) is 7.59. The van der Waals surface area contributed by atoms with E-state index in [-0.39, 0.29) is 6.33 Å². The average Bonchev–Trinajstić information content (AvgIpc) is 2.12. The molecule has 0 saturated heterocycles. The molecule has 0 saturated carbocycles. The minimum atomic E-state index is -1.83. The van der Waals surface area contributed by atoms with E-state index >= 15 is 0 Å². The smallest absolute Gasteiger partial charge is 0.450 e. The van der Waals surface area contributed by atoms with Crippen molar-refractivity contribution in [3.63, 3.8) is 0 Å². The predicted octanol–water partition coefficient (Wildman–Crippen LogP) is 2.17. The maximum atomic E-state index is 10.1. The van der Waals surface area contributed by atoms with Gasteiger partial charge in [0.05, 0.1) is 6.33 Å². The van der Waals surface area contributed by atoms with Gasteiger partial charge in [-0.1, -0.05) is 6.58 Å². The van der Waals surface area contributed by atoms with E-state index in [2.05, 4.69) is 16.1 Å². The number of carboxylic acid groups (broad SMARTS) is 4. The van der Waals surface area contributed by atoms with E-state index < -0.39 is 18.5 Å². The molecule has 0 amide bonds. The van der Waals surface area contributed by atoms with Crippen molar-refractivity contribution >= 4 is 18.5 Å². The van der Waals surface area contributed by atoms with Crippen molar-refractivity contribution in [3.05, 3.63) is 25.4 Å². The summed E-state index contributed by atoms with van der Waals surface area (Å²) < 4.78 is 17.5. The Bertz CT molecular complexity index is 251. The molecule has 4 N–H and O–H groups in total. The summed E-state index contributed by atoms with van der Waals surface area (Å²) >= 11 is 0. The lowest BCUT2D eigenvalue weighted by atomic mass is 11.0. The third-order valence-electron chi connectivity index (χ3n) is 0.393. The molecule has 0 aliphatic carbocycles. The van der Waals surface area contributed by atoms with E-state index in [1.54, 1.807) is 0 Å². The highest BCUT2D eigenvalue weighted by Crippen LogP contribution is 1.81. The zero-order chi connectivity index (χ0) is 14.3. The molecule has 0 aliphatic heterocycles. The van der Waals surface area contributed by atoms with Crippen molar-refractivity contribution in [2.75, 3.05) is 0 Å². The van der Waals surface area contributed by atoms with Gasteiger partial charge in [0.2, 0.25) is 0 Å². The van der Waals surface area contributed by atoms with Crippen LogP contribution >= 0.6 is 0 Å². The fourth-order valence-electron chi connectivity index (χ4n) is 0.172. The van der Waals surface area contributed by atoms with Crippen LogP contribution in [0.25, 0.3) is 0 Å². The summed E-state index contributed by atoms with van der Waals surface area (Å²) in [5.74, 6) is 0. The van der Waals surface area contributed by atoms with Gasteiger partial charge in [0.1, 0.15) is 12.5 Å². The lowest BCUT2D eigenvalue weighted by Crippen LogP contribution is -1.95. The maximum absolute atomic E-state index is 10.1. The van der Waals surface area contributed by atoms with E-state index in [1.165, 1.54) is 0 Å². The van der Waals surface area contributed by atoms with Crippen LogP contribution in [-0.4, -0.2) is 38.9 Å². The third-order valence-corrected chi connectivity index (χ3v) is 0.393. The van der Waals surface area contributed by atoms with E-state index in [1.807, 2.05) is 0 Å². The molecule has 9 nitrogen and oxygen atoms in total. The largest absolute Gasteiger partial charge is 0.510 e. The summed E-state index contributed by atoms with van der Waals surface area (Å²) in [6, 6.07) is 0. The lowest BCUT2D eigenvalue weighted by Gasteiger charge is -1.88. The van der Waals surface area contributed by atoms with Crippen LogP contribution in [0.1, 0.15) is 0 Å². The Morgan fingerprint density at radius 2 is 1.12 bits per heavy atom. The van der Waals surface area contributed by atoms with Gasteiger partial charge in [-0.05, 0) is 0 Å². The minimum Gasteiger partial charge on any atom is -0.450 e. The SMILES string of the molecule is C=CF.O=C(O)O.O=C(O)O/C=C/OC(=O)O. The summed E-state index contributed by atoms with van der Waals surface area (Å²) in [6.45, 7) is 2.69. The van der Waals surface area contributed by atoms with Gasteiger partial charge in [-0.2, -0.15) is 0 Å². The zero-order valence-corrected chi connectivity index (χ0v) is 8.15. The fourth-order valence-corrected chi connectivity index (χ4v) is 0.172. The lowest BCUT2D eigenvalue weighted by molar-refractivity contribution is 0.114. The highest BCUT2D eigenvalue weighted by molar-refractivity contribution is 5.58. The first-order valence-electron chi connectivity index (χ1n) is 3.35. The first-order chi connectivity index (χ1) is 7.77. The summed E-state index contributed by atoms with van der Waals surface area (Å²) in [5, 5.41) is 29.5. The Morgan fingerprint density at radius 3 is 1.24 bits per heavy atom. The first kappa shape index (κ1) is 19.7. The third kappa shape index (κ3) is 93.5. The molecule has 0 unspecified atom stereocenters. The first-order valence-corrected chi connectivity index (χ1v) is 3.35. The summed E-state index contributed by atoms with van der Waals surface area (Å²) in [6.07, 6.45) is -3.47. The molecule has 0 aromatic heterocycles. The van der Waals surface area contributed by atoms with Gasteiger partial charge < -0.3 is 29.9 Å². The van der Waals surface area contributed by atoms with Crippen LogP contribution in [0.3, 0.4) is 0 Å². The van der Waals surface area contributed by atoms with Crippen molar-refractivity contribution in [1.82, 2.24) is 0 Å². The topological polar surface area (TPSA) is 151 Å². The van der Waals surface area contributed by atoms with Crippen LogP contribution in [0.15, 0.2) is 25.4 Å². The van der Waals surface area contributed by atoms with Crippen LogP contribution in [-0.2, 0) is 9.47 Å². The highest BCUT2D eigenvalue weighted by Gasteiger charge is 1.91. The van der Waals surface area contributed by atoms with Gasteiger partial charge in [-0.25, -0.2) is 18.8 Å². The Balaban J connectivity index is -0.000000232. The van der Waals surface area contributed by atoms with Crippen molar-refractivity contribution < 1.29 is 48.7 Å². The molecule has 17 heavy (non-hydrogen) atoms. The molecule has 0 spiro atoms. The fraction of sp³-hybridized carbons (Fsp3) is 0. The molecule has 10 heteroatoms. The highest BCUT2D eigenvalue weighted by atomic mass is 19.1. The van der Waals surface area contributed by atoms with Gasteiger partial charge in [0.15, 0.2) is 0 Å². The molecule has 0 aromatic rings. The van der Waals surface area contributed by atoms with Crippen molar-refractivity contribution in [3.8, 4) is 0 Å². The molecule has 98 valence electrons. The second-order valence-electron chi connectivity index (χ2n) is 1.48.